The molecule has 0 aliphatic carbocycles. The first-order chi connectivity index (χ1) is 11.1. The first kappa shape index (κ1) is 15.0. The van der Waals surface area contributed by atoms with Gasteiger partial charge in [-0.3, -0.25) is 4.79 Å². The van der Waals surface area contributed by atoms with Crippen LogP contribution < -0.4 is 0 Å². The Kier molecular flexibility index (Phi) is 3.98. The van der Waals surface area contributed by atoms with Gasteiger partial charge in [0.05, 0.1) is 5.57 Å². The predicted octanol–water partition coefficient (Wildman–Crippen LogP) is 2.86. The molecule has 0 atom stereocenters. The lowest BCUT2D eigenvalue weighted by Crippen LogP contribution is -2.23. The summed E-state index contributed by atoms with van der Waals surface area (Å²) in [7, 11) is 3.42. The zero-order valence-corrected chi connectivity index (χ0v) is 13.1. The van der Waals surface area contributed by atoms with Crippen molar-refractivity contribution in [1.82, 2.24) is 4.90 Å². The van der Waals surface area contributed by atoms with E-state index in [4.69, 9.17) is 4.74 Å². The number of benzene rings is 2. The second-order valence-electron chi connectivity index (χ2n) is 5.54. The van der Waals surface area contributed by atoms with E-state index >= 15 is 0 Å². The minimum atomic E-state index is -0.349. The van der Waals surface area contributed by atoms with Gasteiger partial charge in [-0.1, -0.05) is 48.5 Å². The molecule has 4 heteroatoms. The maximum Gasteiger partial charge on any atom is 0.339 e. The minimum Gasteiger partial charge on any atom is -0.457 e. The van der Waals surface area contributed by atoms with Gasteiger partial charge in [-0.05, 0) is 17.2 Å². The molecule has 0 spiro atoms. The number of carbonyl (C=O) groups is 2. The van der Waals surface area contributed by atoms with Gasteiger partial charge in [0.1, 0.15) is 6.61 Å². The molecule has 0 unspecified atom stereocenters. The highest BCUT2D eigenvalue weighted by molar-refractivity contribution is 6.28. The van der Waals surface area contributed by atoms with Crippen LogP contribution in [-0.2, 0) is 9.53 Å². The Balaban J connectivity index is 2.19. The zero-order valence-electron chi connectivity index (χ0n) is 13.1. The van der Waals surface area contributed by atoms with E-state index in [0.717, 1.165) is 16.7 Å². The Bertz CT molecular complexity index is 791. The molecule has 1 aliphatic heterocycles. The van der Waals surface area contributed by atoms with Crippen LogP contribution in [0.5, 0.6) is 0 Å². The van der Waals surface area contributed by atoms with Gasteiger partial charge in [-0.2, -0.15) is 0 Å². The molecular formula is C19H17NO3. The molecule has 0 aromatic heterocycles. The number of ether oxygens (including phenoxy) is 1. The van der Waals surface area contributed by atoms with Gasteiger partial charge in [0.25, 0.3) is 5.91 Å². The molecule has 0 radical (unpaired) electrons. The standard InChI is InChI=1S/C19H17NO3/c1-20(2)18(21)15-11-7-6-10-14(15)16-12-23-19(22)17(16)13-8-4-3-5-9-13/h3-11H,12H2,1-2H3. The number of esters is 1. The highest BCUT2D eigenvalue weighted by Gasteiger charge is 2.29. The SMILES string of the molecule is CN(C)C(=O)c1ccccc1C1=C(c2ccccc2)C(=O)OC1. The summed E-state index contributed by atoms with van der Waals surface area (Å²) in [5.41, 5.74) is 3.41. The van der Waals surface area contributed by atoms with Gasteiger partial charge in [0.15, 0.2) is 0 Å². The first-order valence-corrected chi connectivity index (χ1v) is 7.36. The summed E-state index contributed by atoms with van der Waals surface area (Å²) in [6.45, 7) is 0.181. The van der Waals surface area contributed by atoms with Crippen molar-refractivity contribution in [3.63, 3.8) is 0 Å². The average molecular weight is 307 g/mol. The largest absolute Gasteiger partial charge is 0.457 e. The van der Waals surface area contributed by atoms with E-state index in [1.807, 2.05) is 48.5 Å². The Morgan fingerprint density at radius 3 is 2.35 bits per heavy atom. The average Bonchev–Trinajstić information content (AvgIpc) is 2.96. The predicted molar refractivity (Wildman–Crippen MR) is 88.7 cm³/mol. The molecular weight excluding hydrogens is 290 g/mol. The summed E-state index contributed by atoms with van der Waals surface area (Å²) >= 11 is 0. The Hall–Kier alpha value is -2.88. The smallest absolute Gasteiger partial charge is 0.339 e. The highest BCUT2D eigenvalue weighted by atomic mass is 16.5. The third-order valence-electron chi connectivity index (χ3n) is 3.80. The van der Waals surface area contributed by atoms with Crippen LogP contribution in [0.25, 0.3) is 11.1 Å². The van der Waals surface area contributed by atoms with E-state index in [9.17, 15) is 9.59 Å². The molecule has 0 fully saturated rings. The summed E-state index contributed by atoms with van der Waals surface area (Å²) in [5, 5.41) is 0. The molecule has 0 bridgehead atoms. The quantitative estimate of drug-likeness (QED) is 0.819. The summed E-state index contributed by atoms with van der Waals surface area (Å²) in [6.07, 6.45) is 0. The fraction of sp³-hybridized carbons (Fsp3) is 0.158. The molecule has 23 heavy (non-hydrogen) atoms. The molecule has 1 amide bonds. The second-order valence-corrected chi connectivity index (χ2v) is 5.54. The monoisotopic (exact) mass is 307 g/mol. The summed E-state index contributed by atoms with van der Waals surface area (Å²) < 4.78 is 5.24. The van der Waals surface area contributed by atoms with E-state index in [2.05, 4.69) is 0 Å². The lowest BCUT2D eigenvalue weighted by Gasteiger charge is -2.14. The van der Waals surface area contributed by atoms with Crippen LogP contribution in [0.1, 0.15) is 21.5 Å². The van der Waals surface area contributed by atoms with Crippen LogP contribution in [0.2, 0.25) is 0 Å². The van der Waals surface area contributed by atoms with E-state index in [1.54, 1.807) is 20.2 Å². The Morgan fingerprint density at radius 2 is 1.65 bits per heavy atom. The van der Waals surface area contributed by atoms with Crippen LogP contribution in [0, 0.1) is 0 Å². The van der Waals surface area contributed by atoms with Crippen LogP contribution in [0.4, 0.5) is 0 Å². The fourth-order valence-electron chi connectivity index (χ4n) is 2.69. The summed E-state index contributed by atoms with van der Waals surface area (Å²) in [6, 6.07) is 16.7. The maximum atomic E-state index is 12.4. The number of hydrogen-bond donors (Lipinski definition) is 0. The van der Waals surface area contributed by atoms with E-state index in [-0.39, 0.29) is 18.5 Å². The minimum absolute atomic E-state index is 0.0974. The molecule has 0 N–H and O–H groups in total. The van der Waals surface area contributed by atoms with Gasteiger partial charge in [0, 0.05) is 25.2 Å². The molecule has 1 heterocycles. The zero-order chi connectivity index (χ0) is 16.4. The van der Waals surface area contributed by atoms with E-state index in [0.29, 0.717) is 11.1 Å². The number of nitrogens with zero attached hydrogens (tertiary/aromatic N) is 1. The van der Waals surface area contributed by atoms with Crippen molar-refractivity contribution >= 4 is 23.0 Å². The van der Waals surface area contributed by atoms with Crippen molar-refractivity contribution in [2.75, 3.05) is 20.7 Å². The molecule has 116 valence electrons. The third kappa shape index (κ3) is 2.75. The first-order valence-electron chi connectivity index (χ1n) is 7.36. The highest BCUT2D eigenvalue weighted by Crippen LogP contribution is 2.34. The normalized spacial score (nSPS) is 13.9. The van der Waals surface area contributed by atoms with Crippen molar-refractivity contribution in [2.24, 2.45) is 0 Å². The molecule has 2 aromatic rings. The van der Waals surface area contributed by atoms with Crippen molar-refractivity contribution < 1.29 is 14.3 Å². The molecule has 0 saturated carbocycles. The van der Waals surface area contributed by atoms with E-state index in [1.165, 1.54) is 4.90 Å². The molecule has 1 aliphatic rings. The van der Waals surface area contributed by atoms with Crippen molar-refractivity contribution in [3.05, 3.63) is 71.3 Å². The molecule has 0 saturated heterocycles. The number of hydrogen-bond acceptors (Lipinski definition) is 3. The van der Waals surface area contributed by atoms with Gasteiger partial charge in [0.2, 0.25) is 0 Å². The number of rotatable bonds is 3. The lowest BCUT2D eigenvalue weighted by atomic mass is 9.93. The summed E-state index contributed by atoms with van der Waals surface area (Å²) in [4.78, 5) is 26.1. The maximum absolute atomic E-state index is 12.4. The van der Waals surface area contributed by atoms with Crippen molar-refractivity contribution in [2.45, 2.75) is 0 Å². The Labute approximate surface area is 135 Å². The fourth-order valence-corrected chi connectivity index (χ4v) is 2.69. The topological polar surface area (TPSA) is 46.6 Å². The van der Waals surface area contributed by atoms with E-state index < -0.39 is 0 Å². The van der Waals surface area contributed by atoms with Crippen LogP contribution >= 0.6 is 0 Å². The van der Waals surface area contributed by atoms with Gasteiger partial charge < -0.3 is 9.64 Å². The van der Waals surface area contributed by atoms with Gasteiger partial charge in [-0.25, -0.2) is 4.79 Å². The number of carbonyl (C=O) groups excluding carboxylic acids is 2. The third-order valence-corrected chi connectivity index (χ3v) is 3.80. The molecule has 2 aromatic carbocycles. The summed E-state index contributed by atoms with van der Waals surface area (Å²) in [5.74, 6) is -0.446. The lowest BCUT2D eigenvalue weighted by molar-refractivity contribution is -0.133. The molecule has 3 rings (SSSR count). The van der Waals surface area contributed by atoms with Crippen LogP contribution in [0.3, 0.4) is 0 Å². The molecule has 4 nitrogen and oxygen atoms in total. The van der Waals surface area contributed by atoms with Crippen molar-refractivity contribution in [1.29, 1.82) is 0 Å². The van der Waals surface area contributed by atoms with Gasteiger partial charge in [-0.15, -0.1) is 0 Å². The van der Waals surface area contributed by atoms with Crippen LogP contribution in [0.15, 0.2) is 54.6 Å². The Morgan fingerprint density at radius 1 is 1.00 bits per heavy atom. The second kappa shape index (κ2) is 6.08. The number of cyclic esters (lactones) is 1. The number of amides is 1. The van der Waals surface area contributed by atoms with Crippen LogP contribution in [-0.4, -0.2) is 37.5 Å². The van der Waals surface area contributed by atoms with Crippen molar-refractivity contribution in [3.8, 4) is 0 Å². The van der Waals surface area contributed by atoms with Gasteiger partial charge >= 0.3 is 5.97 Å².